The Labute approximate surface area is 90.5 Å². The van der Waals surface area contributed by atoms with E-state index in [1.165, 1.54) is 12.8 Å². The van der Waals surface area contributed by atoms with E-state index in [-0.39, 0.29) is 0 Å². The number of anilines is 2. The lowest BCUT2D eigenvalue weighted by molar-refractivity contribution is 0.442. The summed E-state index contributed by atoms with van der Waals surface area (Å²) >= 11 is 0. The van der Waals surface area contributed by atoms with Gasteiger partial charge >= 0.3 is 0 Å². The van der Waals surface area contributed by atoms with Crippen LogP contribution in [0.3, 0.4) is 0 Å². The molecular formula is C11H18N4. The van der Waals surface area contributed by atoms with Crippen molar-refractivity contribution in [3.05, 3.63) is 18.5 Å². The van der Waals surface area contributed by atoms with Crippen LogP contribution in [0.15, 0.2) is 18.5 Å². The number of nitrogens with one attached hydrogen (secondary N) is 1. The van der Waals surface area contributed by atoms with Gasteiger partial charge in [0.2, 0.25) is 0 Å². The van der Waals surface area contributed by atoms with Crippen LogP contribution < -0.4 is 16.0 Å². The number of rotatable bonds is 2. The Morgan fingerprint density at radius 2 is 2.20 bits per heavy atom. The van der Waals surface area contributed by atoms with Gasteiger partial charge in [-0.15, -0.1) is 0 Å². The fraction of sp³-hybridized carbons (Fsp3) is 0.545. The van der Waals surface area contributed by atoms with Crippen LogP contribution in [0.1, 0.15) is 12.8 Å². The molecule has 0 radical (unpaired) electrons. The first-order valence-electron chi connectivity index (χ1n) is 5.43. The molecule has 0 saturated carbocycles. The van der Waals surface area contributed by atoms with Crippen molar-refractivity contribution in [3.8, 4) is 0 Å². The highest BCUT2D eigenvalue weighted by Crippen LogP contribution is 2.24. The first-order valence-corrected chi connectivity index (χ1v) is 5.43. The predicted octanol–water partition coefficient (Wildman–Crippen LogP) is 0.852. The molecule has 15 heavy (non-hydrogen) atoms. The van der Waals surface area contributed by atoms with Crippen molar-refractivity contribution in [2.24, 2.45) is 0 Å². The highest BCUT2D eigenvalue weighted by molar-refractivity contribution is 5.66. The Bertz CT molecular complexity index is 318. The van der Waals surface area contributed by atoms with Gasteiger partial charge in [-0.1, -0.05) is 0 Å². The highest BCUT2D eigenvalue weighted by atomic mass is 15.2. The zero-order valence-corrected chi connectivity index (χ0v) is 9.11. The molecule has 1 fully saturated rings. The predicted molar refractivity (Wildman–Crippen MR) is 62.9 cm³/mol. The van der Waals surface area contributed by atoms with Gasteiger partial charge in [0.25, 0.3) is 0 Å². The normalized spacial score (nSPS) is 18.1. The van der Waals surface area contributed by atoms with Crippen LogP contribution in [-0.4, -0.2) is 31.2 Å². The van der Waals surface area contributed by atoms with E-state index >= 15 is 0 Å². The van der Waals surface area contributed by atoms with Crippen LogP contribution in [0.5, 0.6) is 0 Å². The van der Waals surface area contributed by atoms with Crippen LogP contribution >= 0.6 is 0 Å². The van der Waals surface area contributed by atoms with Gasteiger partial charge in [-0.05, 0) is 26.0 Å². The van der Waals surface area contributed by atoms with E-state index in [0.29, 0.717) is 6.04 Å². The molecule has 1 saturated heterocycles. The average Bonchev–Trinajstić information content (AvgIpc) is 2.30. The molecule has 82 valence electrons. The monoisotopic (exact) mass is 206 g/mol. The first-order chi connectivity index (χ1) is 7.31. The van der Waals surface area contributed by atoms with Crippen molar-refractivity contribution in [2.45, 2.75) is 18.9 Å². The van der Waals surface area contributed by atoms with E-state index in [2.05, 4.69) is 15.2 Å². The minimum absolute atomic E-state index is 0.657. The first kappa shape index (κ1) is 10.2. The van der Waals surface area contributed by atoms with E-state index in [0.717, 1.165) is 24.5 Å². The van der Waals surface area contributed by atoms with Gasteiger partial charge in [-0.2, -0.15) is 0 Å². The molecule has 1 aliphatic rings. The minimum atomic E-state index is 0.657. The average molecular weight is 206 g/mol. The summed E-state index contributed by atoms with van der Waals surface area (Å²) in [5.74, 6) is 0. The van der Waals surface area contributed by atoms with Crippen LogP contribution in [0.4, 0.5) is 11.4 Å². The molecule has 1 aromatic rings. The van der Waals surface area contributed by atoms with E-state index in [1.807, 2.05) is 13.1 Å². The van der Waals surface area contributed by atoms with Gasteiger partial charge in [-0.3, -0.25) is 4.98 Å². The van der Waals surface area contributed by atoms with Crippen molar-refractivity contribution in [1.29, 1.82) is 0 Å². The molecule has 2 heterocycles. The molecule has 0 spiro atoms. The van der Waals surface area contributed by atoms with Gasteiger partial charge in [0, 0.05) is 25.3 Å². The zero-order chi connectivity index (χ0) is 10.7. The lowest BCUT2D eigenvalue weighted by Crippen LogP contribution is -2.41. The second kappa shape index (κ2) is 4.49. The summed E-state index contributed by atoms with van der Waals surface area (Å²) in [5, 5.41) is 3.32. The molecule has 3 N–H and O–H groups in total. The zero-order valence-electron chi connectivity index (χ0n) is 9.11. The third kappa shape index (κ3) is 2.21. The van der Waals surface area contributed by atoms with Gasteiger partial charge < -0.3 is 16.0 Å². The molecule has 2 rings (SSSR count). The van der Waals surface area contributed by atoms with Gasteiger partial charge in [-0.25, -0.2) is 0 Å². The van der Waals surface area contributed by atoms with Crippen LogP contribution in [-0.2, 0) is 0 Å². The molecule has 0 amide bonds. The fourth-order valence-electron chi connectivity index (χ4n) is 2.10. The Kier molecular flexibility index (Phi) is 3.06. The number of hydrogen-bond acceptors (Lipinski definition) is 4. The molecule has 0 aromatic carbocycles. The summed E-state index contributed by atoms with van der Waals surface area (Å²) in [7, 11) is 2.03. The lowest BCUT2D eigenvalue weighted by atomic mass is 10.0. The molecule has 4 heteroatoms. The van der Waals surface area contributed by atoms with Crippen LogP contribution in [0.2, 0.25) is 0 Å². The molecule has 0 bridgehead atoms. The lowest BCUT2D eigenvalue weighted by Gasteiger charge is -2.33. The van der Waals surface area contributed by atoms with E-state index in [9.17, 15) is 0 Å². The summed E-state index contributed by atoms with van der Waals surface area (Å²) < 4.78 is 0. The summed E-state index contributed by atoms with van der Waals surface area (Å²) in [6, 6.07) is 2.65. The summed E-state index contributed by atoms with van der Waals surface area (Å²) in [6.07, 6.45) is 5.88. The van der Waals surface area contributed by atoms with Crippen LogP contribution in [0, 0.1) is 0 Å². The number of piperidine rings is 1. The van der Waals surface area contributed by atoms with Crippen LogP contribution in [0.25, 0.3) is 0 Å². The molecule has 4 nitrogen and oxygen atoms in total. The maximum Gasteiger partial charge on any atom is 0.0738 e. The molecule has 1 aromatic heterocycles. The Hall–Kier alpha value is -1.29. The molecule has 0 unspecified atom stereocenters. The van der Waals surface area contributed by atoms with E-state index < -0.39 is 0 Å². The fourth-order valence-corrected chi connectivity index (χ4v) is 2.10. The summed E-state index contributed by atoms with van der Waals surface area (Å²) in [6.45, 7) is 2.14. The number of nitrogens with two attached hydrogens (primary N) is 1. The smallest absolute Gasteiger partial charge is 0.0738 e. The van der Waals surface area contributed by atoms with Crippen molar-refractivity contribution in [1.82, 2.24) is 10.3 Å². The van der Waals surface area contributed by atoms with E-state index in [4.69, 9.17) is 5.73 Å². The maximum atomic E-state index is 5.90. The van der Waals surface area contributed by atoms with Gasteiger partial charge in [0.15, 0.2) is 0 Å². The van der Waals surface area contributed by atoms with Crippen molar-refractivity contribution in [3.63, 3.8) is 0 Å². The third-order valence-electron chi connectivity index (χ3n) is 3.07. The number of aromatic nitrogens is 1. The molecular weight excluding hydrogens is 188 g/mol. The van der Waals surface area contributed by atoms with Crippen molar-refractivity contribution in [2.75, 3.05) is 30.8 Å². The Morgan fingerprint density at radius 3 is 2.80 bits per heavy atom. The second-order valence-electron chi connectivity index (χ2n) is 3.98. The maximum absolute atomic E-state index is 5.90. The van der Waals surface area contributed by atoms with Gasteiger partial charge in [0.1, 0.15) is 0 Å². The molecule has 0 atom stereocenters. The van der Waals surface area contributed by atoms with Crippen molar-refractivity contribution < 1.29 is 0 Å². The van der Waals surface area contributed by atoms with E-state index in [1.54, 1.807) is 12.4 Å². The molecule has 0 aliphatic carbocycles. The molecule has 1 aliphatic heterocycles. The topological polar surface area (TPSA) is 54.2 Å². The third-order valence-corrected chi connectivity index (χ3v) is 3.07. The Balaban J connectivity index is 2.04. The standard InChI is InChI=1S/C11H18N4/c1-13-9-3-6-15(7-4-9)11-2-5-14-8-10(11)12/h2,5,8-9,13H,3-4,6-7,12H2,1H3. The Morgan fingerprint density at radius 1 is 1.47 bits per heavy atom. The number of nitrogen functional groups attached to an aromatic ring is 1. The van der Waals surface area contributed by atoms with Gasteiger partial charge in [0.05, 0.1) is 17.6 Å². The highest BCUT2D eigenvalue weighted by Gasteiger charge is 2.18. The number of pyridine rings is 1. The van der Waals surface area contributed by atoms with Crippen molar-refractivity contribution >= 4 is 11.4 Å². The quantitative estimate of drug-likeness (QED) is 0.753. The second-order valence-corrected chi connectivity index (χ2v) is 3.98. The largest absolute Gasteiger partial charge is 0.396 e. The summed E-state index contributed by atoms with van der Waals surface area (Å²) in [5.41, 5.74) is 7.80. The SMILES string of the molecule is CNC1CCN(c2ccncc2N)CC1. The number of nitrogens with zero attached hydrogens (tertiary/aromatic N) is 2. The summed E-state index contributed by atoms with van der Waals surface area (Å²) in [4.78, 5) is 6.35. The number of hydrogen-bond donors (Lipinski definition) is 2. The minimum Gasteiger partial charge on any atom is -0.396 e.